The predicted molar refractivity (Wildman–Crippen MR) is 92.5 cm³/mol. The highest BCUT2D eigenvalue weighted by molar-refractivity contribution is 5.78. The Kier molecular flexibility index (Phi) is 7.42. The summed E-state index contributed by atoms with van der Waals surface area (Å²) < 4.78 is 23.7. The zero-order valence-electron chi connectivity index (χ0n) is 14.4. The van der Waals surface area contributed by atoms with E-state index in [1.807, 2.05) is 19.1 Å². The maximum Gasteiger partial charge on any atom is 0.188 e. The summed E-state index contributed by atoms with van der Waals surface area (Å²) in [5.41, 5.74) is 6.99. The van der Waals surface area contributed by atoms with Gasteiger partial charge in [-0.3, -0.25) is 9.89 Å². The molecule has 1 aromatic rings. The van der Waals surface area contributed by atoms with Crippen molar-refractivity contribution in [2.24, 2.45) is 10.7 Å². The number of morpholine rings is 1. The highest BCUT2D eigenvalue weighted by atomic mass is 19.1. The van der Waals surface area contributed by atoms with Crippen LogP contribution in [0.15, 0.2) is 29.3 Å². The molecule has 0 aliphatic carbocycles. The van der Waals surface area contributed by atoms with Crippen LogP contribution in [-0.4, -0.2) is 63.5 Å². The summed E-state index contributed by atoms with van der Waals surface area (Å²) in [6, 6.07) is 6.72. The van der Waals surface area contributed by atoms with Gasteiger partial charge in [-0.1, -0.05) is 12.1 Å². The van der Waals surface area contributed by atoms with Crippen molar-refractivity contribution in [3.8, 4) is 0 Å². The lowest BCUT2D eigenvalue weighted by molar-refractivity contribution is 0.0179. The second-order valence-corrected chi connectivity index (χ2v) is 5.94. The van der Waals surface area contributed by atoms with Gasteiger partial charge in [0.05, 0.1) is 32.4 Å². The second kappa shape index (κ2) is 9.56. The van der Waals surface area contributed by atoms with Crippen LogP contribution in [-0.2, 0) is 9.47 Å². The Morgan fingerprint density at radius 1 is 1.38 bits per heavy atom. The fourth-order valence-electron chi connectivity index (χ4n) is 2.78. The molecule has 1 aromatic carbocycles. The molecule has 0 amide bonds. The van der Waals surface area contributed by atoms with Gasteiger partial charge in [0.1, 0.15) is 5.82 Å². The molecule has 1 saturated heterocycles. The molecular weight excluding hydrogens is 311 g/mol. The number of nitrogens with one attached hydrogen (secondary N) is 1. The molecule has 2 atom stereocenters. The number of rotatable bonds is 7. The molecular formula is C17H27FN4O2. The normalized spacial score (nSPS) is 19.0. The minimum absolute atomic E-state index is 0.0487. The van der Waals surface area contributed by atoms with E-state index in [0.717, 1.165) is 18.7 Å². The number of ether oxygens (including phenoxy) is 2. The van der Waals surface area contributed by atoms with Crippen molar-refractivity contribution in [3.05, 3.63) is 35.6 Å². The van der Waals surface area contributed by atoms with Gasteiger partial charge >= 0.3 is 0 Å². The smallest absolute Gasteiger partial charge is 0.188 e. The summed E-state index contributed by atoms with van der Waals surface area (Å²) in [5, 5.41) is 3.10. The van der Waals surface area contributed by atoms with E-state index in [9.17, 15) is 4.39 Å². The van der Waals surface area contributed by atoms with E-state index < -0.39 is 0 Å². The molecule has 0 spiro atoms. The maximum absolute atomic E-state index is 13.2. The second-order valence-electron chi connectivity index (χ2n) is 5.94. The summed E-state index contributed by atoms with van der Waals surface area (Å²) >= 11 is 0. The van der Waals surface area contributed by atoms with Gasteiger partial charge in [0.25, 0.3) is 0 Å². The first-order valence-electron chi connectivity index (χ1n) is 8.22. The largest absolute Gasteiger partial charge is 0.383 e. The molecule has 1 aliphatic heterocycles. The van der Waals surface area contributed by atoms with Crippen LogP contribution in [0.4, 0.5) is 4.39 Å². The Bertz CT molecular complexity index is 518. The molecule has 0 saturated carbocycles. The van der Waals surface area contributed by atoms with Gasteiger partial charge in [0.2, 0.25) is 0 Å². The van der Waals surface area contributed by atoms with E-state index in [1.165, 1.54) is 12.1 Å². The van der Waals surface area contributed by atoms with Gasteiger partial charge in [-0.05, 0) is 24.6 Å². The van der Waals surface area contributed by atoms with Crippen LogP contribution in [0.25, 0.3) is 0 Å². The molecule has 3 N–H and O–H groups in total. The Hall–Kier alpha value is -1.70. The average molecular weight is 338 g/mol. The van der Waals surface area contributed by atoms with Crippen LogP contribution in [0, 0.1) is 5.82 Å². The Labute approximate surface area is 142 Å². The van der Waals surface area contributed by atoms with Gasteiger partial charge in [0.15, 0.2) is 5.96 Å². The molecule has 0 radical (unpaired) electrons. The van der Waals surface area contributed by atoms with Crippen LogP contribution in [0.3, 0.4) is 0 Å². The van der Waals surface area contributed by atoms with Crippen molar-refractivity contribution < 1.29 is 13.9 Å². The fraction of sp³-hybridized carbons (Fsp3) is 0.588. The van der Waals surface area contributed by atoms with Crippen molar-refractivity contribution in [2.75, 3.05) is 46.6 Å². The van der Waals surface area contributed by atoms with E-state index in [1.54, 1.807) is 7.11 Å². The molecule has 0 aromatic heterocycles. The molecule has 2 unspecified atom stereocenters. The van der Waals surface area contributed by atoms with Crippen molar-refractivity contribution in [1.82, 2.24) is 10.2 Å². The van der Waals surface area contributed by atoms with Crippen molar-refractivity contribution >= 4 is 5.96 Å². The van der Waals surface area contributed by atoms with Gasteiger partial charge in [-0.15, -0.1) is 0 Å². The van der Waals surface area contributed by atoms with Crippen LogP contribution in [0.1, 0.15) is 18.5 Å². The zero-order chi connectivity index (χ0) is 17.4. The third-order valence-electron chi connectivity index (χ3n) is 3.99. The summed E-state index contributed by atoms with van der Waals surface area (Å²) in [6.45, 7) is 6.08. The number of guanidine groups is 1. The number of aliphatic imine (C=N–C) groups is 1. The highest BCUT2D eigenvalue weighted by Gasteiger charge is 2.22. The molecule has 6 nitrogen and oxygen atoms in total. The number of methoxy groups -OCH3 is 1. The molecule has 7 heteroatoms. The zero-order valence-corrected chi connectivity index (χ0v) is 14.4. The van der Waals surface area contributed by atoms with Gasteiger partial charge in [-0.2, -0.15) is 0 Å². The summed E-state index contributed by atoms with van der Waals surface area (Å²) in [4.78, 5) is 6.77. The number of hydrogen-bond donors (Lipinski definition) is 2. The predicted octanol–water partition coefficient (Wildman–Crippen LogP) is 1.14. The molecule has 1 fully saturated rings. The van der Waals surface area contributed by atoms with Crippen molar-refractivity contribution in [2.45, 2.75) is 19.0 Å². The molecule has 1 aliphatic rings. The van der Waals surface area contributed by atoms with Crippen molar-refractivity contribution in [1.29, 1.82) is 0 Å². The van der Waals surface area contributed by atoms with Gasteiger partial charge in [0, 0.05) is 26.2 Å². The lowest BCUT2D eigenvalue weighted by Gasteiger charge is -2.34. The lowest BCUT2D eigenvalue weighted by atomic mass is 10.0. The maximum atomic E-state index is 13.2. The number of hydrogen-bond acceptors (Lipinski definition) is 4. The summed E-state index contributed by atoms with van der Waals surface area (Å²) in [7, 11) is 1.65. The van der Waals surface area contributed by atoms with Crippen LogP contribution < -0.4 is 11.1 Å². The van der Waals surface area contributed by atoms with Crippen LogP contribution >= 0.6 is 0 Å². The molecule has 0 bridgehead atoms. The molecule has 1 heterocycles. The monoisotopic (exact) mass is 338 g/mol. The third-order valence-corrected chi connectivity index (χ3v) is 3.99. The Morgan fingerprint density at radius 3 is 2.67 bits per heavy atom. The Morgan fingerprint density at radius 2 is 2.04 bits per heavy atom. The van der Waals surface area contributed by atoms with E-state index in [2.05, 4.69) is 15.2 Å². The molecule has 24 heavy (non-hydrogen) atoms. The molecule has 134 valence electrons. The quantitative estimate of drug-likeness (QED) is 0.576. The summed E-state index contributed by atoms with van der Waals surface area (Å²) in [6.07, 6.45) is 0. The number of benzene rings is 1. The first-order valence-corrected chi connectivity index (χ1v) is 8.22. The average Bonchev–Trinajstić information content (AvgIpc) is 2.57. The van der Waals surface area contributed by atoms with E-state index in [0.29, 0.717) is 32.3 Å². The summed E-state index contributed by atoms with van der Waals surface area (Å²) in [5.74, 6) is 0.150. The van der Waals surface area contributed by atoms with Crippen LogP contribution in [0.2, 0.25) is 0 Å². The van der Waals surface area contributed by atoms with E-state index >= 15 is 0 Å². The lowest BCUT2D eigenvalue weighted by Crippen LogP contribution is -2.43. The van der Waals surface area contributed by atoms with E-state index in [4.69, 9.17) is 15.2 Å². The number of nitrogens with two attached hydrogens (primary N) is 1. The van der Waals surface area contributed by atoms with E-state index in [-0.39, 0.29) is 17.9 Å². The van der Waals surface area contributed by atoms with Gasteiger partial charge in [-0.25, -0.2) is 4.39 Å². The van der Waals surface area contributed by atoms with Crippen LogP contribution in [0.5, 0.6) is 0 Å². The Balaban J connectivity index is 2.06. The van der Waals surface area contributed by atoms with Gasteiger partial charge < -0.3 is 20.5 Å². The van der Waals surface area contributed by atoms with Crippen molar-refractivity contribution in [3.63, 3.8) is 0 Å². The third kappa shape index (κ3) is 5.74. The minimum atomic E-state index is -0.238. The standard InChI is InChI=1S/C17H27FN4O2/c1-13(12-23-2)21-17(19)20-11-16(22-7-9-24-10-8-22)14-3-5-15(18)6-4-14/h3-6,13,16H,7-12H2,1-2H3,(H3,19,20,21). The minimum Gasteiger partial charge on any atom is -0.383 e. The first-order chi connectivity index (χ1) is 11.6. The topological polar surface area (TPSA) is 72.1 Å². The SMILES string of the molecule is COCC(C)NC(N)=NCC(c1ccc(F)cc1)N1CCOCC1. The number of halogens is 1. The molecule has 2 rings (SSSR count). The first kappa shape index (κ1) is 18.6. The highest BCUT2D eigenvalue weighted by Crippen LogP contribution is 2.22. The fourth-order valence-corrected chi connectivity index (χ4v) is 2.78. The number of nitrogens with zero attached hydrogens (tertiary/aromatic N) is 2.